The van der Waals surface area contributed by atoms with E-state index < -0.39 is 0 Å². The highest BCUT2D eigenvalue weighted by Gasteiger charge is 2.30. The molecule has 9 aromatic carbocycles. The molecule has 57 heavy (non-hydrogen) atoms. The van der Waals surface area contributed by atoms with Crippen molar-refractivity contribution < 1.29 is 0 Å². The van der Waals surface area contributed by atoms with Crippen molar-refractivity contribution >= 4 is 55.4 Å². The Hall–Kier alpha value is -7.16. The molecule has 12 rings (SSSR count). The predicted molar refractivity (Wildman–Crippen MR) is 241 cm³/mol. The molecule has 0 saturated heterocycles. The summed E-state index contributed by atoms with van der Waals surface area (Å²) in [6, 6.07) is 67.3. The van der Waals surface area contributed by atoms with E-state index in [1.807, 2.05) is 0 Å². The predicted octanol–water partition coefficient (Wildman–Crippen LogP) is 13.0. The fourth-order valence-corrected chi connectivity index (χ4v) is 9.89. The van der Waals surface area contributed by atoms with Gasteiger partial charge in [-0.3, -0.25) is 0 Å². The highest BCUT2D eigenvalue weighted by Crippen LogP contribution is 2.46. The van der Waals surface area contributed by atoms with Crippen LogP contribution in [0.4, 0.5) is 22.7 Å². The van der Waals surface area contributed by atoms with Crippen molar-refractivity contribution in [2.24, 2.45) is 0 Å². The van der Waals surface area contributed by atoms with Crippen LogP contribution in [-0.4, -0.2) is 7.05 Å². The van der Waals surface area contributed by atoms with Crippen LogP contribution in [0.25, 0.3) is 77.2 Å². The van der Waals surface area contributed by atoms with Gasteiger partial charge in [0.2, 0.25) is 0 Å². The molecule has 0 aromatic heterocycles. The van der Waals surface area contributed by atoms with Crippen molar-refractivity contribution in [3.8, 4) is 44.5 Å². The van der Waals surface area contributed by atoms with Crippen LogP contribution in [0.2, 0.25) is 0 Å². The van der Waals surface area contributed by atoms with Gasteiger partial charge in [-0.25, -0.2) is 0 Å². The number of nitrogens with zero attached hydrogens (tertiary/aromatic N) is 1. The number of hydrogen-bond donors (Lipinski definition) is 1. The van der Waals surface area contributed by atoms with Crippen LogP contribution >= 0.6 is 0 Å². The van der Waals surface area contributed by atoms with Crippen molar-refractivity contribution in [3.05, 3.63) is 204 Å². The van der Waals surface area contributed by atoms with E-state index >= 15 is 0 Å². The third kappa shape index (κ3) is 4.97. The number of rotatable bonds is 4. The third-order valence-corrected chi connectivity index (χ3v) is 12.6. The fourth-order valence-electron chi connectivity index (χ4n) is 9.89. The molecule has 0 atom stereocenters. The summed E-state index contributed by atoms with van der Waals surface area (Å²) in [5.74, 6) is 0. The molecule has 2 nitrogen and oxygen atoms in total. The lowest BCUT2D eigenvalue weighted by atomic mass is 9.80. The molecular weight excluding hydrogens is 689 g/mol. The van der Waals surface area contributed by atoms with Crippen LogP contribution in [0, 0.1) is 0 Å². The van der Waals surface area contributed by atoms with Gasteiger partial charge in [-0.2, -0.15) is 0 Å². The largest absolute Gasteiger partial charge is 0.354 e. The number of anilines is 4. The molecule has 0 amide bonds. The van der Waals surface area contributed by atoms with Crippen molar-refractivity contribution in [1.82, 2.24) is 0 Å². The van der Waals surface area contributed by atoms with Gasteiger partial charge in [-0.05, 0) is 139 Å². The Balaban J connectivity index is 1.00. The van der Waals surface area contributed by atoms with Crippen LogP contribution < -0.4 is 20.7 Å². The second-order valence-electron chi connectivity index (χ2n) is 15.7. The first-order valence-corrected chi connectivity index (χ1v) is 20.0. The van der Waals surface area contributed by atoms with Gasteiger partial charge >= 0.3 is 0 Å². The van der Waals surface area contributed by atoms with Gasteiger partial charge in [0.05, 0.1) is 0 Å². The normalized spacial score (nSPS) is 13.6. The molecule has 0 bridgehead atoms. The monoisotopic (exact) mass is 726 g/mol. The Labute approximate surface area is 332 Å². The summed E-state index contributed by atoms with van der Waals surface area (Å²) in [4.78, 5) is 2.42. The van der Waals surface area contributed by atoms with Gasteiger partial charge < -0.3 is 10.2 Å². The summed E-state index contributed by atoms with van der Waals surface area (Å²) < 4.78 is 0. The Morgan fingerprint density at radius 3 is 1.39 bits per heavy atom. The van der Waals surface area contributed by atoms with Crippen molar-refractivity contribution in [2.45, 2.75) is 12.8 Å². The maximum absolute atomic E-state index is 3.94. The molecule has 0 saturated carbocycles. The van der Waals surface area contributed by atoms with E-state index in [1.54, 1.807) is 0 Å². The highest BCUT2D eigenvalue weighted by molar-refractivity contribution is 6.01. The molecule has 9 aromatic rings. The summed E-state index contributed by atoms with van der Waals surface area (Å²) in [7, 11) is 2.24. The van der Waals surface area contributed by atoms with Gasteiger partial charge in [-0.15, -0.1) is 0 Å². The molecule has 0 unspecified atom stereocenters. The van der Waals surface area contributed by atoms with E-state index in [0.29, 0.717) is 0 Å². The Morgan fingerprint density at radius 1 is 0.351 bits per heavy atom. The molecule has 0 radical (unpaired) electrons. The quantitative estimate of drug-likeness (QED) is 0.194. The van der Waals surface area contributed by atoms with Gasteiger partial charge in [0, 0.05) is 51.4 Å². The lowest BCUT2D eigenvalue weighted by Crippen LogP contribution is -2.42. The lowest BCUT2D eigenvalue weighted by Gasteiger charge is -2.35. The van der Waals surface area contributed by atoms with Crippen LogP contribution in [0.3, 0.4) is 0 Å². The van der Waals surface area contributed by atoms with Crippen LogP contribution in [0.1, 0.15) is 24.0 Å². The topological polar surface area (TPSA) is 15.3 Å². The van der Waals surface area contributed by atoms with Gasteiger partial charge in [-0.1, -0.05) is 133 Å². The standard InChI is InChI=1S/C55H38N2/c1-57-52-27-26-50-54-44(42-22-20-40(32-51(42)56-50)48-30-38-18-10-8-16-36(38)28-46(48)34-12-4-2-5-13-34)24-25-45(55(52)54)43-23-21-41(33-53(43)57)49-31-39-19-11-9-17-37(39)29-47(49)35-14-6-3-7-15-35/h2-23,26-33,56H,24-25H2,1H3. The van der Waals surface area contributed by atoms with E-state index in [-0.39, 0.29) is 0 Å². The maximum atomic E-state index is 3.94. The van der Waals surface area contributed by atoms with Gasteiger partial charge in [0.1, 0.15) is 0 Å². The molecule has 1 N–H and O–H groups in total. The van der Waals surface area contributed by atoms with Crippen molar-refractivity contribution in [1.29, 1.82) is 0 Å². The zero-order valence-corrected chi connectivity index (χ0v) is 31.7. The first-order valence-electron chi connectivity index (χ1n) is 20.0. The third-order valence-electron chi connectivity index (χ3n) is 12.6. The average molecular weight is 727 g/mol. The van der Waals surface area contributed by atoms with E-state index in [4.69, 9.17) is 0 Å². The molecule has 2 aliphatic heterocycles. The Bertz CT molecular complexity index is 3270. The summed E-state index contributed by atoms with van der Waals surface area (Å²) in [5.41, 5.74) is 20.4. The van der Waals surface area contributed by atoms with E-state index in [0.717, 1.165) is 12.8 Å². The Morgan fingerprint density at radius 2 is 0.825 bits per heavy atom. The lowest BCUT2D eigenvalue weighted by molar-refractivity contribution is 1.01. The molecule has 0 fully saturated rings. The van der Waals surface area contributed by atoms with E-state index in [9.17, 15) is 0 Å². The number of nitrogens with one attached hydrogen (secondary N) is 1. The van der Waals surface area contributed by atoms with Crippen LogP contribution in [0.5, 0.6) is 0 Å². The second-order valence-corrected chi connectivity index (χ2v) is 15.7. The minimum atomic E-state index is 1.01. The number of hydrogen-bond acceptors (Lipinski definition) is 2. The molecular formula is C55H38N2. The molecule has 0 spiro atoms. The molecule has 268 valence electrons. The smallest absolute Gasteiger partial charge is 0.0492 e. The van der Waals surface area contributed by atoms with Crippen LogP contribution in [0.15, 0.2) is 182 Å². The Kier molecular flexibility index (Phi) is 7.00. The van der Waals surface area contributed by atoms with Crippen molar-refractivity contribution in [2.75, 3.05) is 17.3 Å². The first kappa shape index (κ1) is 32.1. The summed E-state index contributed by atoms with van der Waals surface area (Å²) in [6.07, 6.45) is 2.01. The molecule has 2 heteroatoms. The second kappa shape index (κ2) is 12.4. The van der Waals surface area contributed by atoms with E-state index in [2.05, 4.69) is 199 Å². The number of fused-ring (bicyclic) bond motifs is 6. The van der Waals surface area contributed by atoms with E-state index in [1.165, 1.54) is 122 Å². The van der Waals surface area contributed by atoms with Crippen LogP contribution in [-0.2, 0) is 0 Å². The fraction of sp³-hybridized carbons (Fsp3) is 0.0545. The van der Waals surface area contributed by atoms with Gasteiger partial charge in [0.15, 0.2) is 0 Å². The highest BCUT2D eigenvalue weighted by atomic mass is 15.1. The van der Waals surface area contributed by atoms with Crippen molar-refractivity contribution in [3.63, 3.8) is 0 Å². The molecule has 1 aliphatic carbocycles. The first-order chi connectivity index (χ1) is 28.2. The van der Waals surface area contributed by atoms with Gasteiger partial charge in [0.25, 0.3) is 0 Å². The summed E-state index contributed by atoms with van der Waals surface area (Å²) >= 11 is 0. The SMILES string of the molecule is CN1c2cc(-c3cc4ccccc4cc3-c3ccccc3)ccc2C2=c3c1ccc1c3=C(CC2)c2ccc(-c3cc4ccccc4cc3-c3ccccc3)cc2N1. The zero-order valence-electron chi connectivity index (χ0n) is 31.7. The maximum Gasteiger partial charge on any atom is 0.0492 e. The zero-order chi connectivity index (χ0) is 37.6. The minimum absolute atomic E-state index is 1.01. The minimum Gasteiger partial charge on any atom is -0.354 e. The average Bonchev–Trinajstić information content (AvgIpc) is 3.28. The number of benzene rings is 9. The summed E-state index contributed by atoms with van der Waals surface area (Å²) in [6.45, 7) is 0. The summed E-state index contributed by atoms with van der Waals surface area (Å²) in [5, 5.41) is 11.7. The molecule has 3 aliphatic rings. The molecule has 2 heterocycles.